The van der Waals surface area contributed by atoms with Crippen LogP contribution in [0.15, 0.2) is 17.0 Å². The summed E-state index contributed by atoms with van der Waals surface area (Å²) in [5, 5.41) is 0.460. The number of sulfonamides is 1. The molecule has 0 amide bonds. The van der Waals surface area contributed by atoms with E-state index in [1.165, 1.54) is 16.4 Å². The van der Waals surface area contributed by atoms with Crippen LogP contribution in [0.4, 0.5) is 0 Å². The molecule has 0 spiro atoms. The molecule has 0 saturated carbocycles. The maximum absolute atomic E-state index is 12.9. The van der Waals surface area contributed by atoms with Gasteiger partial charge in [-0.3, -0.25) is 0 Å². The molecule has 21 heavy (non-hydrogen) atoms. The molecule has 2 N–H and O–H groups in total. The fourth-order valence-electron chi connectivity index (χ4n) is 2.33. The summed E-state index contributed by atoms with van der Waals surface area (Å²) in [5.74, 6) is 0. The van der Waals surface area contributed by atoms with E-state index in [1.807, 2.05) is 13.8 Å². The second kappa shape index (κ2) is 6.02. The number of nitrogens with two attached hydrogens (primary N) is 1. The van der Waals surface area contributed by atoms with Crippen LogP contribution in [-0.2, 0) is 21.3 Å². The molecule has 1 fully saturated rings. The zero-order valence-electron chi connectivity index (χ0n) is 11.9. The van der Waals surface area contributed by atoms with Gasteiger partial charge >= 0.3 is 0 Å². The van der Waals surface area contributed by atoms with Crippen molar-refractivity contribution < 1.29 is 13.2 Å². The largest absolute Gasteiger partial charge is 0.378 e. The molecule has 0 bridgehead atoms. The van der Waals surface area contributed by atoms with Gasteiger partial charge in [0, 0.05) is 18.1 Å². The SMILES string of the molecule is CC1(C)COCCN1S(=O)(=O)c1cc(CN)c(Cl)cc1Cl. The molecule has 118 valence electrons. The van der Waals surface area contributed by atoms with Crippen LogP contribution in [0.3, 0.4) is 0 Å². The molecule has 5 nitrogen and oxygen atoms in total. The van der Waals surface area contributed by atoms with E-state index < -0.39 is 15.6 Å². The molecule has 1 saturated heterocycles. The third-order valence-corrected chi connectivity index (χ3v) is 6.39. The Bertz CT molecular complexity index is 647. The quantitative estimate of drug-likeness (QED) is 0.905. The lowest BCUT2D eigenvalue weighted by Gasteiger charge is -2.40. The molecule has 0 unspecified atom stereocenters. The maximum Gasteiger partial charge on any atom is 0.245 e. The minimum atomic E-state index is -3.74. The first kappa shape index (κ1) is 17.0. The summed E-state index contributed by atoms with van der Waals surface area (Å²) in [5.41, 5.74) is 5.50. The Morgan fingerprint density at radius 3 is 2.57 bits per heavy atom. The van der Waals surface area contributed by atoms with Crippen LogP contribution in [-0.4, -0.2) is 38.0 Å². The number of benzene rings is 1. The minimum absolute atomic E-state index is 0.0315. The Hall–Kier alpha value is -0.370. The Balaban J connectivity index is 2.54. The van der Waals surface area contributed by atoms with Crippen molar-refractivity contribution in [2.45, 2.75) is 30.8 Å². The lowest BCUT2D eigenvalue weighted by molar-refractivity contribution is -0.00770. The van der Waals surface area contributed by atoms with Crippen molar-refractivity contribution in [3.8, 4) is 0 Å². The highest BCUT2D eigenvalue weighted by Crippen LogP contribution is 2.34. The van der Waals surface area contributed by atoms with E-state index in [-0.39, 0.29) is 23.0 Å². The predicted octanol–water partition coefficient (Wildman–Crippen LogP) is 2.25. The maximum atomic E-state index is 12.9. The Morgan fingerprint density at radius 1 is 1.33 bits per heavy atom. The summed E-state index contributed by atoms with van der Waals surface area (Å²) in [7, 11) is -3.74. The topological polar surface area (TPSA) is 72.6 Å². The number of halogens is 2. The summed E-state index contributed by atoms with van der Waals surface area (Å²) in [6.07, 6.45) is 0. The molecule has 0 aromatic heterocycles. The van der Waals surface area contributed by atoms with Crippen LogP contribution in [0.2, 0.25) is 10.0 Å². The van der Waals surface area contributed by atoms with E-state index in [0.717, 1.165) is 0 Å². The van der Waals surface area contributed by atoms with E-state index in [0.29, 0.717) is 23.8 Å². The average molecular weight is 353 g/mol. The van der Waals surface area contributed by atoms with E-state index >= 15 is 0 Å². The molecule has 1 aromatic rings. The van der Waals surface area contributed by atoms with Gasteiger partial charge in [0.1, 0.15) is 4.90 Å². The van der Waals surface area contributed by atoms with Crippen molar-refractivity contribution in [1.29, 1.82) is 0 Å². The first-order chi connectivity index (χ1) is 9.70. The summed E-state index contributed by atoms with van der Waals surface area (Å²) < 4.78 is 32.6. The number of ether oxygens (including phenoxy) is 1. The number of morpholine rings is 1. The predicted molar refractivity (Wildman–Crippen MR) is 83.1 cm³/mol. The minimum Gasteiger partial charge on any atom is -0.378 e. The Labute approximate surface area is 135 Å². The zero-order valence-corrected chi connectivity index (χ0v) is 14.2. The first-order valence-electron chi connectivity index (χ1n) is 6.49. The van der Waals surface area contributed by atoms with E-state index in [9.17, 15) is 8.42 Å². The van der Waals surface area contributed by atoms with Gasteiger partial charge in [-0.2, -0.15) is 4.31 Å². The monoisotopic (exact) mass is 352 g/mol. The number of hydrogen-bond donors (Lipinski definition) is 1. The lowest BCUT2D eigenvalue weighted by atomic mass is 10.1. The van der Waals surface area contributed by atoms with Gasteiger partial charge in [0.15, 0.2) is 0 Å². The molecule has 1 aliphatic heterocycles. The number of hydrogen-bond acceptors (Lipinski definition) is 4. The third-order valence-electron chi connectivity index (χ3n) is 3.46. The van der Waals surface area contributed by atoms with Gasteiger partial charge in [0.25, 0.3) is 0 Å². The van der Waals surface area contributed by atoms with Gasteiger partial charge in [-0.15, -0.1) is 0 Å². The third kappa shape index (κ3) is 3.21. The van der Waals surface area contributed by atoms with Crippen molar-refractivity contribution in [3.05, 3.63) is 27.7 Å². The number of nitrogens with zero attached hydrogens (tertiary/aromatic N) is 1. The van der Waals surface area contributed by atoms with Crippen LogP contribution >= 0.6 is 23.2 Å². The smallest absolute Gasteiger partial charge is 0.245 e. The molecular weight excluding hydrogens is 335 g/mol. The number of rotatable bonds is 3. The van der Waals surface area contributed by atoms with Gasteiger partial charge in [-0.1, -0.05) is 23.2 Å². The van der Waals surface area contributed by atoms with Gasteiger partial charge in [0.05, 0.1) is 23.8 Å². The fraction of sp³-hybridized carbons (Fsp3) is 0.538. The summed E-state index contributed by atoms with van der Waals surface area (Å²) in [4.78, 5) is 0.0315. The molecular formula is C13H18Cl2N2O3S. The molecule has 1 aliphatic rings. The van der Waals surface area contributed by atoms with Gasteiger partial charge < -0.3 is 10.5 Å². The summed E-state index contributed by atoms with van der Waals surface area (Å²) >= 11 is 12.1. The molecule has 1 aromatic carbocycles. The van der Waals surface area contributed by atoms with Crippen LogP contribution < -0.4 is 5.73 Å². The van der Waals surface area contributed by atoms with E-state index in [1.54, 1.807) is 0 Å². The lowest BCUT2D eigenvalue weighted by Crippen LogP contribution is -2.55. The molecule has 8 heteroatoms. The zero-order chi connectivity index (χ0) is 15.8. The Morgan fingerprint density at radius 2 is 2.00 bits per heavy atom. The highest BCUT2D eigenvalue weighted by Gasteiger charge is 2.40. The highest BCUT2D eigenvalue weighted by molar-refractivity contribution is 7.89. The van der Waals surface area contributed by atoms with Crippen LogP contribution in [0.1, 0.15) is 19.4 Å². The second-order valence-electron chi connectivity index (χ2n) is 5.52. The normalized spacial score (nSPS) is 19.7. The van der Waals surface area contributed by atoms with Crippen LogP contribution in [0, 0.1) is 0 Å². The molecule has 2 rings (SSSR count). The molecule has 0 radical (unpaired) electrons. The van der Waals surface area contributed by atoms with Crippen LogP contribution in [0.25, 0.3) is 0 Å². The van der Waals surface area contributed by atoms with Crippen molar-refractivity contribution in [2.75, 3.05) is 19.8 Å². The van der Waals surface area contributed by atoms with Gasteiger partial charge in [-0.05, 0) is 31.5 Å². The Kier molecular flexibility index (Phi) is 4.87. The second-order valence-corrected chi connectivity index (χ2v) is 8.17. The first-order valence-corrected chi connectivity index (χ1v) is 8.68. The van der Waals surface area contributed by atoms with Crippen molar-refractivity contribution in [3.63, 3.8) is 0 Å². The van der Waals surface area contributed by atoms with E-state index in [2.05, 4.69) is 0 Å². The van der Waals surface area contributed by atoms with E-state index in [4.69, 9.17) is 33.7 Å². The van der Waals surface area contributed by atoms with Crippen molar-refractivity contribution in [2.24, 2.45) is 5.73 Å². The average Bonchev–Trinajstić information content (AvgIpc) is 2.37. The summed E-state index contributed by atoms with van der Waals surface area (Å²) in [6.45, 7) is 4.75. The fourth-order valence-corrected chi connectivity index (χ4v) is 4.94. The van der Waals surface area contributed by atoms with Crippen molar-refractivity contribution >= 4 is 33.2 Å². The molecule has 0 aliphatic carbocycles. The molecule has 1 heterocycles. The standard InChI is InChI=1S/C13H18Cl2N2O3S/c1-13(2)8-20-4-3-17(13)21(18,19)12-5-9(7-16)10(14)6-11(12)15/h5-6H,3-4,7-8,16H2,1-2H3. The van der Waals surface area contributed by atoms with Gasteiger partial charge in [-0.25, -0.2) is 8.42 Å². The van der Waals surface area contributed by atoms with Crippen LogP contribution in [0.5, 0.6) is 0 Å². The summed E-state index contributed by atoms with van der Waals surface area (Å²) in [6, 6.07) is 2.87. The van der Waals surface area contributed by atoms with Crippen molar-refractivity contribution in [1.82, 2.24) is 4.31 Å². The van der Waals surface area contributed by atoms with Gasteiger partial charge in [0.2, 0.25) is 10.0 Å². The highest BCUT2D eigenvalue weighted by atomic mass is 35.5. The molecule has 0 atom stereocenters.